The Morgan fingerprint density at radius 1 is 1.04 bits per heavy atom. The fourth-order valence-corrected chi connectivity index (χ4v) is 2.89. The van der Waals surface area contributed by atoms with Gasteiger partial charge in [-0.3, -0.25) is 0 Å². The number of hydrogen-bond acceptors (Lipinski definition) is 5. The number of aromatic nitrogens is 2. The summed E-state index contributed by atoms with van der Waals surface area (Å²) in [6.45, 7) is 1.85. The number of aromatic hydroxyl groups is 1. The van der Waals surface area contributed by atoms with Crippen molar-refractivity contribution in [3.63, 3.8) is 0 Å². The minimum atomic E-state index is -0.0306. The highest BCUT2D eigenvalue weighted by molar-refractivity contribution is 6.32. The van der Waals surface area contributed by atoms with Gasteiger partial charge in [-0.15, -0.1) is 0 Å². The number of phenols is 1. The zero-order valence-corrected chi connectivity index (χ0v) is 15.0. The van der Waals surface area contributed by atoms with Gasteiger partial charge in [-0.1, -0.05) is 28.4 Å². The minimum absolute atomic E-state index is 0.0306. The van der Waals surface area contributed by atoms with Crippen LogP contribution in [0.4, 0.5) is 0 Å². The summed E-state index contributed by atoms with van der Waals surface area (Å²) in [6, 6.07) is 13.7. The predicted molar refractivity (Wildman–Crippen MR) is 100 cm³/mol. The third kappa shape index (κ3) is 3.07. The number of rotatable bonds is 3. The van der Waals surface area contributed by atoms with Crippen molar-refractivity contribution in [3.05, 3.63) is 64.3 Å². The maximum Gasteiger partial charge on any atom is 0.219 e. The molecule has 0 radical (unpaired) electrons. The average molecular weight is 387 g/mol. The van der Waals surface area contributed by atoms with Gasteiger partial charge < -0.3 is 14.4 Å². The third-order valence-corrected chi connectivity index (χ3v) is 4.45. The molecule has 5 nitrogen and oxygen atoms in total. The number of benzene rings is 2. The first kappa shape index (κ1) is 16.7. The van der Waals surface area contributed by atoms with Crippen LogP contribution in [0.1, 0.15) is 5.69 Å². The predicted octanol–water partition coefficient (Wildman–Crippen LogP) is 6.00. The smallest absolute Gasteiger partial charge is 0.219 e. The lowest BCUT2D eigenvalue weighted by atomic mass is 10.1. The number of pyridine rings is 1. The lowest BCUT2D eigenvalue weighted by Crippen LogP contribution is -1.93. The Morgan fingerprint density at radius 3 is 2.54 bits per heavy atom. The van der Waals surface area contributed by atoms with Crippen molar-refractivity contribution in [3.8, 4) is 28.6 Å². The van der Waals surface area contributed by atoms with Crippen LogP contribution in [0.2, 0.25) is 10.0 Å². The van der Waals surface area contributed by atoms with E-state index in [0.29, 0.717) is 39.0 Å². The Hall–Kier alpha value is -2.76. The van der Waals surface area contributed by atoms with E-state index in [-0.39, 0.29) is 10.8 Å². The molecule has 0 bridgehead atoms. The van der Waals surface area contributed by atoms with Crippen molar-refractivity contribution in [2.75, 3.05) is 0 Å². The van der Waals surface area contributed by atoms with Crippen LogP contribution in [-0.2, 0) is 0 Å². The van der Waals surface area contributed by atoms with Crippen LogP contribution in [0.5, 0.6) is 17.4 Å². The molecule has 0 saturated heterocycles. The quantitative estimate of drug-likeness (QED) is 0.467. The number of ether oxygens (including phenoxy) is 1. The summed E-state index contributed by atoms with van der Waals surface area (Å²) < 4.78 is 11.1. The van der Waals surface area contributed by atoms with Crippen LogP contribution < -0.4 is 4.74 Å². The molecule has 130 valence electrons. The first-order chi connectivity index (χ1) is 12.5. The summed E-state index contributed by atoms with van der Waals surface area (Å²) in [5, 5.41) is 15.5. The largest absolute Gasteiger partial charge is 0.506 e. The van der Waals surface area contributed by atoms with Gasteiger partial charge >= 0.3 is 0 Å². The molecule has 2 aromatic carbocycles. The summed E-state index contributed by atoms with van der Waals surface area (Å²) in [7, 11) is 0. The van der Waals surface area contributed by atoms with E-state index >= 15 is 0 Å². The molecule has 0 aliphatic heterocycles. The topological polar surface area (TPSA) is 68.4 Å². The Morgan fingerprint density at radius 2 is 1.81 bits per heavy atom. The molecule has 0 saturated carbocycles. The second-order valence-electron chi connectivity index (χ2n) is 5.67. The van der Waals surface area contributed by atoms with Crippen LogP contribution in [0.25, 0.3) is 22.2 Å². The van der Waals surface area contributed by atoms with Crippen molar-refractivity contribution < 1.29 is 14.4 Å². The molecule has 0 aliphatic rings. The number of fused-ring (bicyclic) bond motifs is 1. The number of aryl methyl sites for hydroxylation is 1. The second kappa shape index (κ2) is 6.52. The summed E-state index contributed by atoms with van der Waals surface area (Å²) >= 11 is 11.8. The van der Waals surface area contributed by atoms with Gasteiger partial charge in [0.25, 0.3) is 0 Å². The van der Waals surface area contributed by atoms with Crippen LogP contribution >= 0.6 is 23.2 Å². The van der Waals surface area contributed by atoms with E-state index in [9.17, 15) is 5.11 Å². The van der Waals surface area contributed by atoms with Gasteiger partial charge in [-0.05, 0) is 43.3 Å². The Labute approximate surface area is 158 Å². The van der Waals surface area contributed by atoms with E-state index in [1.54, 1.807) is 30.3 Å². The molecule has 4 aromatic rings. The molecule has 0 spiro atoms. The first-order valence-corrected chi connectivity index (χ1v) is 8.46. The van der Waals surface area contributed by atoms with Crippen LogP contribution in [-0.4, -0.2) is 15.2 Å². The van der Waals surface area contributed by atoms with E-state index in [2.05, 4.69) is 10.1 Å². The first-order valence-electron chi connectivity index (χ1n) is 7.70. The highest BCUT2D eigenvalue weighted by Crippen LogP contribution is 2.36. The van der Waals surface area contributed by atoms with Crippen molar-refractivity contribution >= 4 is 34.2 Å². The van der Waals surface area contributed by atoms with Crippen LogP contribution in [0.15, 0.2) is 53.1 Å². The van der Waals surface area contributed by atoms with Gasteiger partial charge in [0.05, 0.1) is 16.1 Å². The minimum Gasteiger partial charge on any atom is -0.506 e. The molecular formula is C19H12Cl2N2O3. The SMILES string of the molecule is Cc1nc(Oc2ccc(Cl)cc2)ccc1-c1noc2cc(Cl)c(O)cc12. The standard InChI is InChI=1S/C19H12Cl2N2O3/c1-10-13(19-14-8-16(24)15(21)9-17(14)26-23-19)6-7-18(22-10)25-12-4-2-11(20)3-5-12/h2-9,24H,1H3. The van der Waals surface area contributed by atoms with E-state index in [1.807, 2.05) is 13.0 Å². The summed E-state index contributed by atoms with van der Waals surface area (Å²) in [6.07, 6.45) is 0. The van der Waals surface area contributed by atoms with Gasteiger partial charge in [0.15, 0.2) is 5.58 Å². The summed E-state index contributed by atoms with van der Waals surface area (Å²) in [5.41, 5.74) is 2.55. The number of halogens is 2. The normalized spacial score (nSPS) is 11.0. The molecule has 0 aliphatic carbocycles. The maximum absolute atomic E-state index is 9.86. The second-order valence-corrected chi connectivity index (χ2v) is 6.51. The van der Waals surface area contributed by atoms with Crippen molar-refractivity contribution in [2.24, 2.45) is 0 Å². The zero-order valence-electron chi connectivity index (χ0n) is 13.5. The maximum atomic E-state index is 9.86. The molecule has 26 heavy (non-hydrogen) atoms. The lowest BCUT2D eigenvalue weighted by Gasteiger charge is -2.08. The van der Waals surface area contributed by atoms with Crippen LogP contribution in [0, 0.1) is 6.92 Å². The van der Waals surface area contributed by atoms with Gasteiger partial charge in [0.2, 0.25) is 5.88 Å². The Bertz CT molecular complexity index is 1110. The van der Waals surface area contributed by atoms with Crippen LogP contribution in [0.3, 0.4) is 0 Å². The van der Waals surface area contributed by atoms with Crippen molar-refractivity contribution in [1.82, 2.24) is 10.1 Å². The fourth-order valence-electron chi connectivity index (χ4n) is 2.61. The van der Waals surface area contributed by atoms with E-state index < -0.39 is 0 Å². The monoisotopic (exact) mass is 386 g/mol. The number of phenolic OH excluding ortho intramolecular Hbond substituents is 1. The molecular weight excluding hydrogens is 375 g/mol. The molecule has 0 fully saturated rings. The molecule has 0 atom stereocenters. The Kier molecular flexibility index (Phi) is 4.18. The molecule has 2 aromatic heterocycles. The van der Waals surface area contributed by atoms with Gasteiger partial charge in [0.1, 0.15) is 17.2 Å². The number of hydrogen-bond donors (Lipinski definition) is 1. The molecule has 1 N–H and O–H groups in total. The average Bonchev–Trinajstić information content (AvgIpc) is 3.00. The Balaban J connectivity index is 1.70. The molecule has 7 heteroatoms. The number of nitrogens with zero attached hydrogens (tertiary/aromatic N) is 2. The van der Waals surface area contributed by atoms with Gasteiger partial charge in [-0.25, -0.2) is 4.98 Å². The van der Waals surface area contributed by atoms with Gasteiger partial charge in [-0.2, -0.15) is 0 Å². The lowest BCUT2D eigenvalue weighted by molar-refractivity contribution is 0.456. The van der Waals surface area contributed by atoms with E-state index in [0.717, 1.165) is 5.56 Å². The highest BCUT2D eigenvalue weighted by atomic mass is 35.5. The molecule has 4 rings (SSSR count). The van der Waals surface area contributed by atoms with Crippen molar-refractivity contribution in [1.29, 1.82) is 0 Å². The molecule has 0 unspecified atom stereocenters. The summed E-state index contributed by atoms with van der Waals surface area (Å²) in [5.74, 6) is 1.06. The summed E-state index contributed by atoms with van der Waals surface area (Å²) in [4.78, 5) is 4.47. The van der Waals surface area contributed by atoms with E-state index in [1.165, 1.54) is 12.1 Å². The van der Waals surface area contributed by atoms with Crippen molar-refractivity contribution in [2.45, 2.75) is 6.92 Å². The van der Waals surface area contributed by atoms with E-state index in [4.69, 9.17) is 32.5 Å². The zero-order chi connectivity index (χ0) is 18.3. The fraction of sp³-hybridized carbons (Fsp3) is 0.0526. The highest BCUT2D eigenvalue weighted by Gasteiger charge is 2.16. The van der Waals surface area contributed by atoms with Gasteiger partial charge in [0, 0.05) is 22.7 Å². The molecule has 0 amide bonds. The third-order valence-electron chi connectivity index (χ3n) is 3.89. The molecule has 2 heterocycles.